The molecule has 0 aliphatic rings. The number of ether oxygens (including phenoxy) is 2. The highest BCUT2D eigenvalue weighted by molar-refractivity contribution is 6.05. The van der Waals surface area contributed by atoms with Crippen LogP contribution in [-0.2, 0) is 0 Å². The summed E-state index contributed by atoms with van der Waals surface area (Å²) in [7, 11) is 2.87. The zero-order chi connectivity index (χ0) is 18.6. The molecular weight excluding hydrogens is 334 g/mol. The molecule has 2 aromatic rings. The van der Waals surface area contributed by atoms with Crippen molar-refractivity contribution in [3.05, 3.63) is 62.2 Å². The number of benzene rings is 2. The number of nitrogens with zero attached hydrogens (tertiary/aromatic N) is 2. The number of nitro benzene ring substituents is 2. The molecule has 10 heteroatoms. The largest absolute Gasteiger partial charge is 0.497 e. The predicted molar refractivity (Wildman–Crippen MR) is 87.2 cm³/mol. The number of rotatable bonds is 6. The second-order valence-electron chi connectivity index (χ2n) is 4.81. The minimum absolute atomic E-state index is 0.220. The maximum atomic E-state index is 12.3. The SMILES string of the molecule is COc1cc(NC(=O)c2cc([N+](=O)[O-])cc([N+](=O)[O-])c2)cc(OC)c1. The number of methoxy groups -OCH3 is 2. The molecule has 0 bridgehead atoms. The Bertz CT molecular complexity index is 797. The molecule has 2 rings (SSSR count). The van der Waals surface area contributed by atoms with Crippen molar-refractivity contribution >= 4 is 23.0 Å². The summed E-state index contributed by atoms with van der Waals surface area (Å²) in [4.78, 5) is 32.5. The van der Waals surface area contributed by atoms with Gasteiger partial charge in [0, 0.05) is 36.0 Å². The number of carbonyl (C=O) groups is 1. The van der Waals surface area contributed by atoms with Crippen molar-refractivity contribution in [2.45, 2.75) is 0 Å². The first-order valence-electron chi connectivity index (χ1n) is 6.82. The monoisotopic (exact) mass is 347 g/mol. The van der Waals surface area contributed by atoms with Crippen LogP contribution in [0, 0.1) is 20.2 Å². The maximum absolute atomic E-state index is 12.3. The van der Waals surface area contributed by atoms with Crippen LogP contribution in [0.3, 0.4) is 0 Å². The molecule has 0 saturated carbocycles. The van der Waals surface area contributed by atoms with Crippen LogP contribution in [0.1, 0.15) is 10.4 Å². The van der Waals surface area contributed by atoms with Crippen molar-refractivity contribution in [2.75, 3.05) is 19.5 Å². The van der Waals surface area contributed by atoms with Crippen LogP contribution in [0.5, 0.6) is 11.5 Å². The minimum Gasteiger partial charge on any atom is -0.497 e. The lowest BCUT2D eigenvalue weighted by Gasteiger charge is -2.10. The zero-order valence-corrected chi connectivity index (χ0v) is 13.2. The molecule has 0 aliphatic heterocycles. The Labute approximate surface area is 141 Å². The molecule has 10 nitrogen and oxygen atoms in total. The Kier molecular flexibility index (Phi) is 5.12. The van der Waals surface area contributed by atoms with Gasteiger partial charge >= 0.3 is 0 Å². The van der Waals surface area contributed by atoms with E-state index in [1.807, 2.05) is 0 Å². The van der Waals surface area contributed by atoms with Gasteiger partial charge in [-0.15, -0.1) is 0 Å². The Balaban J connectivity index is 2.38. The number of nitro groups is 2. The Hall–Kier alpha value is -3.69. The summed E-state index contributed by atoms with van der Waals surface area (Å²) in [6, 6.07) is 7.30. The summed E-state index contributed by atoms with van der Waals surface area (Å²) in [5, 5.41) is 24.3. The van der Waals surface area contributed by atoms with Gasteiger partial charge in [-0.25, -0.2) is 0 Å². The van der Waals surface area contributed by atoms with Gasteiger partial charge in [0.25, 0.3) is 17.3 Å². The molecule has 1 N–H and O–H groups in total. The van der Waals surface area contributed by atoms with Crippen LogP contribution in [0.4, 0.5) is 17.1 Å². The average molecular weight is 347 g/mol. The van der Waals surface area contributed by atoms with Gasteiger partial charge < -0.3 is 14.8 Å². The Morgan fingerprint density at radius 3 is 1.76 bits per heavy atom. The topological polar surface area (TPSA) is 134 Å². The van der Waals surface area contributed by atoms with Crippen LogP contribution in [0.25, 0.3) is 0 Å². The fourth-order valence-electron chi connectivity index (χ4n) is 2.02. The highest BCUT2D eigenvalue weighted by Crippen LogP contribution is 2.27. The van der Waals surface area contributed by atoms with E-state index in [4.69, 9.17) is 9.47 Å². The van der Waals surface area contributed by atoms with Gasteiger partial charge in [0.05, 0.1) is 35.7 Å². The highest BCUT2D eigenvalue weighted by Gasteiger charge is 2.20. The quantitative estimate of drug-likeness (QED) is 0.627. The van der Waals surface area contributed by atoms with E-state index in [0.717, 1.165) is 18.2 Å². The van der Waals surface area contributed by atoms with Crippen molar-refractivity contribution in [3.8, 4) is 11.5 Å². The van der Waals surface area contributed by atoms with Gasteiger partial charge in [-0.05, 0) is 0 Å². The Morgan fingerprint density at radius 1 is 0.880 bits per heavy atom. The number of nitrogens with one attached hydrogen (secondary N) is 1. The summed E-state index contributed by atoms with van der Waals surface area (Å²) in [5.74, 6) is 0.0847. The van der Waals surface area contributed by atoms with Crippen molar-refractivity contribution in [2.24, 2.45) is 0 Å². The molecule has 0 aromatic heterocycles. The predicted octanol–water partition coefficient (Wildman–Crippen LogP) is 2.77. The van der Waals surface area contributed by atoms with E-state index in [2.05, 4.69) is 5.32 Å². The molecule has 0 saturated heterocycles. The van der Waals surface area contributed by atoms with Gasteiger partial charge in [0.1, 0.15) is 11.5 Å². The zero-order valence-electron chi connectivity index (χ0n) is 13.2. The van der Waals surface area contributed by atoms with Crippen LogP contribution in [0.2, 0.25) is 0 Å². The van der Waals surface area contributed by atoms with E-state index in [0.29, 0.717) is 17.2 Å². The molecule has 2 aromatic carbocycles. The molecule has 0 spiro atoms. The number of anilines is 1. The fourth-order valence-corrected chi connectivity index (χ4v) is 2.02. The third kappa shape index (κ3) is 4.19. The van der Waals surface area contributed by atoms with Crippen LogP contribution in [-0.4, -0.2) is 30.0 Å². The van der Waals surface area contributed by atoms with Crippen LogP contribution < -0.4 is 14.8 Å². The van der Waals surface area contributed by atoms with Crippen LogP contribution in [0.15, 0.2) is 36.4 Å². The molecule has 0 unspecified atom stereocenters. The minimum atomic E-state index is -0.807. The van der Waals surface area contributed by atoms with Crippen molar-refractivity contribution in [3.63, 3.8) is 0 Å². The summed E-state index contributed by atoms with van der Waals surface area (Å²) < 4.78 is 10.2. The van der Waals surface area contributed by atoms with E-state index in [1.54, 1.807) is 6.07 Å². The molecular formula is C15H13N3O7. The lowest BCUT2D eigenvalue weighted by Crippen LogP contribution is -2.13. The first-order chi connectivity index (χ1) is 11.8. The average Bonchev–Trinajstić information content (AvgIpc) is 2.60. The molecule has 0 aliphatic carbocycles. The lowest BCUT2D eigenvalue weighted by atomic mass is 10.1. The number of non-ortho nitro benzene ring substituents is 2. The molecule has 0 atom stereocenters. The fraction of sp³-hybridized carbons (Fsp3) is 0.133. The number of hydrogen-bond donors (Lipinski definition) is 1. The van der Waals surface area contributed by atoms with Gasteiger partial charge in [-0.1, -0.05) is 0 Å². The van der Waals surface area contributed by atoms with E-state index in [1.165, 1.54) is 26.4 Å². The first-order valence-corrected chi connectivity index (χ1v) is 6.82. The molecule has 0 radical (unpaired) electrons. The standard InChI is InChI=1S/C15H13N3O7/c1-24-13-5-10(6-14(8-13)25-2)16-15(19)9-3-11(17(20)21)7-12(4-9)18(22)23/h3-8H,1-2H3,(H,16,19). The number of amides is 1. The van der Waals surface area contributed by atoms with Crippen molar-refractivity contribution in [1.29, 1.82) is 0 Å². The maximum Gasteiger partial charge on any atom is 0.277 e. The molecule has 25 heavy (non-hydrogen) atoms. The van der Waals surface area contributed by atoms with E-state index in [9.17, 15) is 25.0 Å². The summed E-state index contributed by atoms with van der Waals surface area (Å²) >= 11 is 0. The van der Waals surface area contributed by atoms with Gasteiger partial charge in [-0.3, -0.25) is 25.0 Å². The van der Waals surface area contributed by atoms with Crippen LogP contribution >= 0.6 is 0 Å². The van der Waals surface area contributed by atoms with Gasteiger partial charge in [-0.2, -0.15) is 0 Å². The summed E-state index contributed by atoms with van der Waals surface area (Å²) in [6.07, 6.45) is 0. The molecule has 0 heterocycles. The van der Waals surface area contributed by atoms with Gasteiger partial charge in [0.2, 0.25) is 0 Å². The molecule has 130 valence electrons. The first kappa shape index (κ1) is 17.7. The number of hydrogen-bond acceptors (Lipinski definition) is 7. The second-order valence-corrected chi connectivity index (χ2v) is 4.81. The van der Waals surface area contributed by atoms with E-state index < -0.39 is 27.1 Å². The van der Waals surface area contributed by atoms with Crippen molar-refractivity contribution in [1.82, 2.24) is 0 Å². The second kappa shape index (κ2) is 7.25. The van der Waals surface area contributed by atoms with E-state index in [-0.39, 0.29) is 5.56 Å². The third-order valence-corrected chi connectivity index (χ3v) is 3.20. The summed E-state index contributed by atoms with van der Waals surface area (Å²) in [6.45, 7) is 0. The van der Waals surface area contributed by atoms with E-state index >= 15 is 0 Å². The summed E-state index contributed by atoms with van der Waals surface area (Å²) in [5.41, 5.74) is -1.02. The Morgan fingerprint density at radius 2 is 1.36 bits per heavy atom. The molecule has 0 fully saturated rings. The number of carbonyl (C=O) groups excluding carboxylic acids is 1. The smallest absolute Gasteiger partial charge is 0.277 e. The normalized spacial score (nSPS) is 10.0. The highest BCUT2D eigenvalue weighted by atomic mass is 16.6. The molecule has 1 amide bonds. The van der Waals surface area contributed by atoms with Gasteiger partial charge in [0.15, 0.2) is 0 Å². The lowest BCUT2D eigenvalue weighted by molar-refractivity contribution is -0.394. The third-order valence-electron chi connectivity index (χ3n) is 3.20. The van der Waals surface area contributed by atoms with Crippen molar-refractivity contribution < 1.29 is 24.1 Å².